The maximum Gasteiger partial charge on any atom is 0.173 e. The highest BCUT2D eigenvalue weighted by atomic mass is 32.1. The first-order valence-electron chi connectivity index (χ1n) is 10.7. The van der Waals surface area contributed by atoms with Crippen LogP contribution in [0, 0.1) is 0 Å². The highest BCUT2D eigenvalue weighted by Crippen LogP contribution is 2.18. The second-order valence-electron chi connectivity index (χ2n) is 7.67. The molecule has 4 rings (SSSR count). The van der Waals surface area contributed by atoms with Gasteiger partial charge in [0.2, 0.25) is 0 Å². The molecule has 1 aromatic heterocycles. The molecule has 0 amide bonds. The average Bonchev–Trinajstić information content (AvgIpc) is 3.06. The Kier molecular flexibility index (Phi) is 7.47. The molecular formula is C25H28N4OS. The Morgan fingerprint density at radius 1 is 0.903 bits per heavy atom. The Balaban J connectivity index is 1.25. The molecule has 3 aromatic rings. The van der Waals surface area contributed by atoms with Crippen molar-refractivity contribution in [1.29, 1.82) is 0 Å². The van der Waals surface area contributed by atoms with E-state index in [0.717, 1.165) is 67.0 Å². The average molecular weight is 433 g/mol. The van der Waals surface area contributed by atoms with Gasteiger partial charge in [-0.25, -0.2) is 0 Å². The monoisotopic (exact) mass is 432 g/mol. The number of hydrogen-bond acceptors (Lipinski definition) is 4. The molecule has 1 aliphatic heterocycles. The van der Waals surface area contributed by atoms with Gasteiger partial charge < -0.3 is 15.0 Å². The van der Waals surface area contributed by atoms with Crippen LogP contribution in [0.3, 0.4) is 0 Å². The van der Waals surface area contributed by atoms with Crippen molar-refractivity contribution in [2.24, 2.45) is 0 Å². The molecule has 0 unspecified atom stereocenters. The Labute approximate surface area is 189 Å². The number of benzene rings is 2. The van der Waals surface area contributed by atoms with E-state index in [1.54, 1.807) is 0 Å². The molecule has 6 heteroatoms. The third-order valence-corrected chi connectivity index (χ3v) is 5.70. The number of ether oxygens (including phenoxy) is 1. The molecular weight excluding hydrogens is 404 g/mol. The number of nitrogens with one attached hydrogen (secondary N) is 1. The molecule has 5 nitrogen and oxygen atoms in total. The SMILES string of the molecule is S=C(Nc1ccc(OCc2ccccc2)cc1)N1CCCN(Cc2ccccn2)CC1. The third-order valence-electron chi connectivity index (χ3n) is 5.34. The van der Waals surface area contributed by atoms with Crippen LogP contribution in [0.5, 0.6) is 5.75 Å². The summed E-state index contributed by atoms with van der Waals surface area (Å²) in [6, 6.07) is 24.2. The molecule has 0 aliphatic carbocycles. The summed E-state index contributed by atoms with van der Waals surface area (Å²) in [7, 11) is 0. The predicted octanol–water partition coefficient (Wildman–Crippen LogP) is 4.57. The van der Waals surface area contributed by atoms with E-state index >= 15 is 0 Å². The normalized spacial score (nSPS) is 14.6. The molecule has 0 radical (unpaired) electrons. The number of hydrogen-bond donors (Lipinski definition) is 1. The van der Waals surface area contributed by atoms with E-state index in [0.29, 0.717) is 6.61 Å². The van der Waals surface area contributed by atoms with E-state index in [-0.39, 0.29) is 0 Å². The van der Waals surface area contributed by atoms with E-state index in [2.05, 4.69) is 38.3 Å². The van der Waals surface area contributed by atoms with Crippen molar-refractivity contribution in [2.75, 3.05) is 31.5 Å². The number of thiocarbonyl (C=S) groups is 1. The van der Waals surface area contributed by atoms with Gasteiger partial charge in [0.25, 0.3) is 0 Å². The lowest BCUT2D eigenvalue weighted by Crippen LogP contribution is -2.37. The first-order valence-corrected chi connectivity index (χ1v) is 11.1. The largest absolute Gasteiger partial charge is 0.489 e. The Hall–Kier alpha value is -2.96. The minimum atomic E-state index is 0.564. The van der Waals surface area contributed by atoms with Crippen molar-refractivity contribution in [3.8, 4) is 5.75 Å². The highest BCUT2D eigenvalue weighted by Gasteiger charge is 2.17. The fourth-order valence-corrected chi connectivity index (χ4v) is 3.93. The lowest BCUT2D eigenvalue weighted by molar-refractivity contribution is 0.275. The van der Waals surface area contributed by atoms with Crippen LogP contribution in [0.2, 0.25) is 0 Å². The van der Waals surface area contributed by atoms with E-state index in [9.17, 15) is 0 Å². The van der Waals surface area contributed by atoms with Crippen molar-refractivity contribution >= 4 is 23.0 Å². The smallest absolute Gasteiger partial charge is 0.173 e. The van der Waals surface area contributed by atoms with Crippen LogP contribution in [0.15, 0.2) is 79.0 Å². The quantitative estimate of drug-likeness (QED) is 0.576. The molecule has 1 N–H and O–H groups in total. The Bertz CT molecular complexity index is 950. The van der Waals surface area contributed by atoms with E-state index in [4.69, 9.17) is 17.0 Å². The van der Waals surface area contributed by atoms with Crippen molar-refractivity contribution in [2.45, 2.75) is 19.6 Å². The summed E-state index contributed by atoms with van der Waals surface area (Å²) >= 11 is 5.69. The maximum absolute atomic E-state index is 5.86. The molecule has 0 spiro atoms. The number of nitrogens with zero attached hydrogens (tertiary/aromatic N) is 3. The Morgan fingerprint density at radius 3 is 2.48 bits per heavy atom. The number of anilines is 1. The van der Waals surface area contributed by atoms with Gasteiger partial charge in [-0.2, -0.15) is 0 Å². The van der Waals surface area contributed by atoms with Gasteiger partial charge >= 0.3 is 0 Å². The zero-order valence-electron chi connectivity index (χ0n) is 17.6. The molecule has 1 fully saturated rings. The lowest BCUT2D eigenvalue weighted by Gasteiger charge is -2.24. The van der Waals surface area contributed by atoms with Gasteiger partial charge in [0.1, 0.15) is 12.4 Å². The summed E-state index contributed by atoms with van der Waals surface area (Å²) in [6.45, 7) is 5.36. The standard InChI is InChI=1S/C25H28N4OS/c31-25(29-16-6-15-28(17-18-29)19-23-9-4-5-14-26-23)27-22-10-12-24(13-11-22)30-20-21-7-2-1-3-8-21/h1-5,7-14H,6,15-20H2,(H,27,31). The van der Waals surface area contributed by atoms with Crippen LogP contribution < -0.4 is 10.1 Å². The second-order valence-corrected chi connectivity index (χ2v) is 8.05. The van der Waals surface area contributed by atoms with E-state index in [1.807, 2.05) is 60.8 Å². The summed E-state index contributed by atoms with van der Waals surface area (Å²) in [6.07, 6.45) is 2.94. The van der Waals surface area contributed by atoms with Gasteiger partial charge in [-0.05, 0) is 60.6 Å². The van der Waals surface area contributed by atoms with Crippen LogP contribution >= 0.6 is 12.2 Å². The zero-order valence-corrected chi connectivity index (χ0v) is 18.4. The van der Waals surface area contributed by atoms with Gasteiger partial charge in [0.15, 0.2) is 5.11 Å². The van der Waals surface area contributed by atoms with Gasteiger partial charge in [0, 0.05) is 44.6 Å². The van der Waals surface area contributed by atoms with Crippen molar-refractivity contribution in [1.82, 2.24) is 14.8 Å². The number of rotatable bonds is 6. The summed E-state index contributed by atoms with van der Waals surface area (Å²) in [4.78, 5) is 9.15. The molecule has 31 heavy (non-hydrogen) atoms. The van der Waals surface area contributed by atoms with Crippen LogP contribution in [0.1, 0.15) is 17.7 Å². The van der Waals surface area contributed by atoms with Gasteiger partial charge in [0.05, 0.1) is 5.69 Å². The molecule has 2 heterocycles. The van der Waals surface area contributed by atoms with E-state index < -0.39 is 0 Å². The zero-order chi connectivity index (χ0) is 21.3. The summed E-state index contributed by atoms with van der Waals surface area (Å²) in [5.41, 5.74) is 3.25. The van der Waals surface area contributed by atoms with Crippen molar-refractivity contribution in [3.05, 3.63) is 90.3 Å². The molecule has 1 saturated heterocycles. The maximum atomic E-state index is 5.86. The number of pyridine rings is 1. The molecule has 0 bridgehead atoms. The second kappa shape index (κ2) is 10.9. The minimum absolute atomic E-state index is 0.564. The van der Waals surface area contributed by atoms with Gasteiger partial charge in [-0.3, -0.25) is 9.88 Å². The summed E-state index contributed by atoms with van der Waals surface area (Å²) < 4.78 is 5.86. The van der Waals surface area contributed by atoms with Gasteiger partial charge in [-0.15, -0.1) is 0 Å². The molecule has 0 saturated carbocycles. The molecule has 0 atom stereocenters. The topological polar surface area (TPSA) is 40.6 Å². The lowest BCUT2D eigenvalue weighted by atomic mass is 10.2. The predicted molar refractivity (Wildman–Crippen MR) is 129 cm³/mol. The summed E-state index contributed by atoms with van der Waals surface area (Å²) in [5, 5.41) is 4.15. The fourth-order valence-electron chi connectivity index (χ4n) is 3.63. The minimum Gasteiger partial charge on any atom is -0.489 e. The van der Waals surface area contributed by atoms with Gasteiger partial charge in [-0.1, -0.05) is 36.4 Å². The van der Waals surface area contributed by atoms with Crippen LogP contribution in [0.4, 0.5) is 5.69 Å². The van der Waals surface area contributed by atoms with Crippen LogP contribution in [-0.4, -0.2) is 46.1 Å². The molecule has 160 valence electrons. The fraction of sp³-hybridized carbons (Fsp3) is 0.280. The van der Waals surface area contributed by atoms with Crippen molar-refractivity contribution in [3.63, 3.8) is 0 Å². The van der Waals surface area contributed by atoms with Crippen LogP contribution in [-0.2, 0) is 13.2 Å². The number of aromatic nitrogens is 1. The molecule has 1 aliphatic rings. The highest BCUT2D eigenvalue weighted by molar-refractivity contribution is 7.80. The summed E-state index contributed by atoms with van der Waals surface area (Å²) in [5.74, 6) is 0.847. The van der Waals surface area contributed by atoms with Crippen LogP contribution in [0.25, 0.3) is 0 Å². The van der Waals surface area contributed by atoms with E-state index in [1.165, 1.54) is 0 Å². The third kappa shape index (κ3) is 6.51. The first-order chi connectivity index (χ1) is 15.3. The molecule has 2 aromatic carbocycles. The van der Waals surface area contributed by atoms with Crippen molar-refractivity contribution < 1.29 is 4.74 Å². The Morgan fingerprint density at radius 2 is 1.71 bits per heavy atom. The first kappa shape index (κ1) is 21.3.